The number of hydrogen-bond donors (Lipinski definition) is 1. The van der Waals surface area contributed by atoms with Gasteiger partial charge in [0.1, 0.15) is 17.6 Å². The van der Waals surface area contributed by atoms with Crippen molar-refractivity contribution in [2.75, 3.05) is 6.54 Å². The van der Waals surface area contributed by atoms with E-state index in [1.54, 1.807) is 18.2 Å². The second-order valence-electron chi connectivity index (χ2n) is 5.54. The third-order valence-corrected chi connectivity index (χ3v) is 4.03. The van der Waals surface area contributed by atoms with Gasteiger partial charge in [0.25, 0.3) is 5.69 Å². The maximum atomic E-state index is 11.2. The predicted octanol–water partition coefficient (Wildman–Crippen LogP) is 2.90. The summed E-state index contributed by atoms with van der Waals surface area (Å²) in [5, 5.41) is 19.8. The molecule has 1 aliphatic heterocycles. The Morgan fingerprint density at radius 3 is 2.70 bits per heavy atom. The van der Waals surface area contributed by atoms with Crippen LogP contribution in [0.4, 0.5) is 5.69 Å². The molecule has 3 rings (SSSR count). The summed E-state index contributed by atoms with van der Waals surface area (Å²) in [7, 11) is 0. The zero-order valence-electron chi connectivity index (χ0n) is 12.3. The second-order valence-corrected chi connectivity index (χ2v) is 5.54. The van der Waals surface area contributed by atoms with Gasteiger partial charge in [-0.15, -0.1) is 0 Å². The molecular formula is C16H16N2O5. The quantitative estimate of drug-likeness (QED) is 0.673. The summed E-state index contributed by atoms with van der Waals surface area (Å²) in [5.41, 5.74) is 0.778. The molecule has 120 valence electrons. The first-order valence-corrected chi connectivity index (χ1v) is 7.35. The molecule has 0 unspecified atom stereocenters. The number of rotatable bonds is 5. The Labute approximate surface area is 132 Å². The number of furan rings is 1. The molecule has 0 radical (unpaired) electrons. The van der Waals surface area contributed by atoms with Crippen molar-refractivity contribution < 1.29 is 19.2 Å². The molecule has 1 atom stereocenters. The SMILES string of the molecule is O=C(O)[C@H]1CCCN1Cc1ccc(-c2ccc([N+](=O)[O-])cc2)o1. The Balaban J connectivity index is 1.73. The lowest BCUT2D eigenvalue weighted by atomic mass is 10.1. The predicted molar refractivity (Wildman–Crippen MR) is 81.9 cm³/mol. The third kappa shape index (κ3) is 3.24. The third-order valence-electron chi connectivity index (χ3n) is 4.03. The van der Waals surface area contributed by atoms with Gasteiger partial charge in [0.2, 0.25) is 0 Å². The van der Waals surface area contributed by atoms with Crippen molar-refractivity contribution in [2.24, 2.45) is 0 Å². The summed E-state index contributed by atoms with van der Waals surface area (Å²) in [6.45, 7) is 1.19. The minimum absolute atomic E-state index is 0.0295. The van der Waals surface area contributed by atoms with Crippen molar-refractivity contribution in [1.82, 2.24) is 4.90 Å². The Morgan fingerprint density at radius 1 is 1.30 bits per heavy atom. The highest BCUT2D eigenvalue weighted by atomic mass is 16.6. The Hall–Kier alpha value is -2.67. The molecular weight excluding hydrogens is 300 g/mol. The Kier molecular flexibility index (Phi) is 4.12. The highest BCUT2D eigenvalue weighted by Gasteiger charge is 2.30. The van der Waals surface area contributed by atoms with E-state index >= 15 is 0 Å². The molecule has 0 spiro atoms. The van der Waals surface area contributed by atoms with Crippen LogP contribution in [0.1, 0.15) is 18.6 Å². The van der Waals surface area contributed by atoms with E-state index in [-0.39, 0.29) is 5.69 Å². The van der Waals surface area contributed by atoms with E-state index in [9.17, 15) is 20.0 Å². The van der Waals surface area contributed by atoms with E-state index in [2.05, 4.69) is 0 Å². The van der Waals surface area contributed by atoms with Crippen LogP contribution in [0.25, 0.3) is 11.3 Å². The minimum Gasteiger partial charge on any atom is -0.480 e. The van der Waals surface area contributed by atoms with Crippen molar-refractivity contribution in [3.05, 3.63) is 52.3 Å². The molecule has 7 nitrogen and oxygen atoms in total. The van der Waals surface area contributed by atoms with Gasteiger partial charge in [-0.05, 0) is 43.7 Å². The topological polar surface area (TPSA) is 96.8 Å². The van der Waals surface area contributed by atoms with E-state index in [0.29, 0.717) is 24.5 Å². The first-order chi connectivity index (χ1) is 11.0. The first kappa shape index (κ1) is 15.2. The fourth-order valence-electron chi connectivity index (χ4n) is 2.86. The largest absolute Gasteiger partial charge is 0.480 e. The molecule has 23 heavy (non-hydrogen) atoms. The van der Waals surface area contributed by atoms with Crippen molar-refractivity contribution in [3.8, 4) is 11.3 Å². The lowest BCUT2D eigenvalue weighted by molar-refractivity contribution is -0.384. The van der Waals surface area contributed by atoms with Crippen LogP contribution in [0.3, 0.4) is 0 Å². The molecule has 0 bridgehead atoms. The van der Waals surface area contributed by atoms with Gasteiger partial charge in [0.15, 0.2) is 0 Å². The fraction of sp³-hybridized carbons (Fsp3) is 0.312. The Morgan fingerprint density at radius 2 is 2.04 bits per heavy atom. The number of nitro benzene ring substituents is 1. The number of carbonyl (C=O) groups is 1. The molecule has 1 saturated heterocycles. The van der Waals surface area contributed by atoms with Gasteiger partial charge < -0.3 is 9.52 Å². The van der Waals surface area contributed by atoms with E-state index in [1.165, 1.54) is 12.1 Å². The van der Waals surface area contributed by atoms with Crippen LogP contribution in [0, 0.1) is 10.1 Å². The lowest BCUT2D eigenvalue weighted by Crippen LogP contribution is -2.35. The maximum absolute atomic E-state index is 11.2. The number of nitrogens with zero attached hydrogens (tertiary/aromatic N) is 2. The smallest absolute Gasteiger partial charge is 0.320 e. The zero-order chi connectivity index (χ0) is 16.4. The van der Waals surface area contributed by atoms with Crippen LogP contribution in [0.5, 0.6) is 0 Å². The summed E-state index contributed by atoms with van der Waals surface area (Å²) >= 11 is 0. The molecule has 0 saturated carbocycles. The van der Waals surface area contributed by atoms with Gasteiger partial charge in [-0.25, -0.2) is 0 Å². The molecule has 1 N–H and O–H groups in total. The highest BCUT2D eigenvalue weighted by molar-refractivity contribution is 5.73. The van der Waals surface area contributed by atoms with Crippen molar-refractivity contribution >= 4 is 11.7 Å². The van der Waals surface area contributed by atoms with Crippen molar-refractivity contribution in [2.45, 2.75) is 25.4 Å². The van der Waals surface area contributed by atoms with Gasteiger partial charge >= 0.3 is 5.97 Å². The minimum atomic E-state index is -0.801. The number of nitro groups is 1. The van der Waals surface area contributed by atoms with Gasteiger partial charge in [-0.2, -0.15) is 0 Å². The van der Waals surface area contributed by atoms with E-state index in [4.69, 9.17) is 4.42 Å². The van der Waals surface area contributed by atoms with E-state index in [0.717, 1.165) is 18.5 Å². The molecule has 1 aromatic carbocycles. The van der Waals surface area contributed by atoms with Crippen LogP contribution in [0.15, 0.2) is 40.8 Å². The standard InChI is InChI=1S/C16H16N2O5/c19-16(20)14-2-1-9-17(14)10-13-7-8-15(23-13)11-3-5-12(6-4-11)18(21)22/h3-8,14H,1-2,9-10H2,(H,19,20)/t14-/m1/s1. The zero-order valence-corrected chi connectivity index (χ0v) is 12.3. The monoisotopic (exact) mass is 316 g/mol. The van der Waals surface area contributed by atoms with Gasteiger partial charge in [0.05, 0.1) is 11.5 Å². The first-order valence-electron chi connectivity index (χ1n) is 7.35. The summed E-state index contributed by atoms with van der Waals surface area (Å²) in [6, 6.07) is 9.28. The second kappa shape index (κ2) is 6.21. The van der Waals surface area contributed by atoms with Crippen molar-refractivity contribution in [3.63, 3.8) is 0 Å². The molecule has 0 amide bonds. The fourth-order valence-corrected chi connectivity index (χ4v) is 2.86. The number of carboxylic acids is 1. The number of carboxylic acid groups (broad SMARTS) is 1. The van der Waals surface area contributed by atoms with E-state index < -0.39 is 16.9 Å². The molecule has 1 fully saturated rings. The Bertz CT molecular complexity index is 722. The molecule has 1 aliphatic rings. The average Bonchev–Trinajstić information content (AvgIpc) is 3.17. The van der Waals surface area contributed by atoms with Crippen LogP contribution in [0.2, 0.25) is 0 Å². The lowest BCUT2D eigenvalue weighted by Gasteiger charge is -2.19. The molecule has 2 aromatic rings. The molecule has 1 aromatic heterocycles. The van der Waals surface area contributed by atoms with Crippen LogP contribution in [-0.2, 0) is 11.3 Å². The van der Waals surface area contributed by atoms with Crippen LogP contribution in [-0.4, -0.2) is 33.5 Å². The molecule has 7 heteroatoms. The number of likely N-dealkylation sites (tertiary alicyclic amines) is 1. The normalized spacial score (nSPS) is 18.2. The number of non-ortho nitro benzene ring substituents is 1. The van der Waals surface area contributed by atoms with Crippen LogP contribution >= 0.6 is 0 Å². The van der Waals surface area contributed by atoms with Gasteiger partial charge in [-0.1, -0.05) is 0 Å². The molecule has 0 aliphatic carbocycles. The number of aliphatic carboxylic acids is 1. The summed E-state index contributed by atoms with van der Waals surface area (Å²) < 4.78 is 5.76. The highest BCUT2D eigenvalue weighted by Crippen LogP contribution is 2.27. The summed E-state index contributed by atoms with van der Waals surface area (Å²) in [5.74, 6) is 0.497. The van der Waals surface area contributed by atoms with E-state index in [1.807, 2.05) is 11.0 Å². The van der Waals surface area contributed by atoms with Crippen molar-refractivity contribution in [1.29, 1.82) is 0 Å². The van der Waals surface area contributed by atoms with Crippen LogP contribution < -0.4 is 0 Å². The maximum Gasteiger partial charge on any atom is 0.320 e. The average molecular weight is 316 g/mol. The van der Waals surface area contributed by atoms with Gasteiger partial charge in [0, 0.05) is 17.7 Å². The number of benzene rings is 1. The van der Waals surface area contributed by atoms with Gasteiger partial charge in [-0.3, -0.25) is 19.8 Å². The summed E-state index contributed by atoms with van der Waals surface area (Å²) in [4.78, 5) is 23.3. The number of hydrogen-bond acceptors (Lipinski definition) is 5. The summed E-state index contributed by atoms with van der Waals surface area (Å²) in [6.07, 6.45) is 1.53. The molecule has 2 heterocycles.